The Morgan fingerprint density at radius 2 is 1.44 bits per heavy atom. The van der Waals surface area contributed by atoms with E-state index in [2.05, 4.69) is 175 Å². The molecule has 0 aliphatic heterocycles. The molecule has 6 heteroatoms. The average molecular weight is 970 g/mol. The summed E-state index contributed by atoms with van der Waals surface area (Å²) in [5, 5.41) is 3.52. The van der Waals surface area contributed by atoms with Gasteiger partial charge in [0.15, 0.2) is 0 Å². The van der Waals surface area contributed by atoms with Crippen molar-refractivity contribution in [3.8, 4) is 44.9 Å². The predicted molar refractivity (Wildman–Crippen MR) is 247 cm³/mol. The largest absolute Gasteiger partial charge is 0.486 e. The third-order valence-corrected chi connectivity index (χ3v) is 12.5. The van der Waals surface area contributed by atoms with Crippen molar-refractivity contribution in [2.24, 2.45) is 11.3 Å². The monoisotopic (exact) mass is 970 g/mol. The minimum atomic E-state index is -1.34. The number of furan rings is 1. The first-order valence-electron chi connectivity index (χ1n) is 20.5. The van der Waals surface area contributed by atoms with Gasteiger partial charge in [0.1, 0.15) is 0 Å². The second-order valence-electron chi connectivity index (χ2n) is 18.2. The second kappa shape index (κ2) is 18.1. The molecule has 0 aliphatic rings. The van der Waals surface area contributed by atoms with Gasteiger partial charge >= 0.3 is 0 Å². The third kappa shape index (κ3) is 10.2. The van der Waals surface area contributed by atoms with Crippen LogP contribution in [0.1, 0.15) is 56.9 Å². The summed E-state index contributed by atoms with van der Waals surface area (Å²) in [6, 6.07) is 44.5. The normalized spacial score (nSPS) is 11.7. The van der Waals surface area contributed by atoms with Crippen molar-refractivity contribution in [3.63, 3.8) is 0 Å². The summed E-state index contributed by atoms with van der Waals surface area (Å²) in [5.74, 6) is 0.667. The van der Waals surface area contributed by atoms with Gasteiger partial charge in [-0.15, -0.1) is 54.1 Å². The van der Waals surface area contributed by atoms with Crippen LogP contribution in [0.5, 0.6) is 0 Å². The molecule has 0 N–H and O–H groups in total. The van der Waals surface area contributed by atoms with Crippen molar-refractivity contribution in [2.45, 2.75) is 80.9 Å². The van der Waals surface area contributed by atoms with Crippen molar-refractivity contribution in [3.05, 3.63) is 156 Å². The van der Waals surface area contributed by atoms with Gasteiger partial charge in [0, 0.05) is 43.4 Å². The third-order valence-electron chi connectivity index (χ3n) is 10.4. The number of nitrogens with zero attached hydrogens (tertiary/aromatic N) is 3. The van der Waals surface area contributed by atoms with Gasteiger partial charge in [-0.1, -0.05) is 131 Å². The molecular weight excluding hydrogens is 915 g/mol. The van der Waals surface area contributed by atoms with Crippen molar-refractivity contribution in [1.82, 2.24) is 15.0 Å². The van der Waals surface area contributed by atoms with Gasteiger partial charge in [0.05, 0.1) is 19.4 Å². The Labute approximate surface area is 366 Å². The van der Waals surface area contributed by atoms with E-state index in [1.54, 1.807) is 0 Å². The minimum Gasteiger partial charge on any atom is -0.486 e. The number of aromatic nitrogens is 3. The molecular formula is C53H55IrN3OSi-2. The summed E-state index contributed by atoms with van der Waals surface area (Å²) in [6.45, 7) is 22.8. The van der Waals surface area contributed by atoms with E-state index in [0.29, 0.717) is 11.6 Å². The maximum Gasteiger partial charge on any atom is 0.216 e. The second-order valence-corrected chi connectivity index (χ2v) is 23.3. The molecule has 303 valence electrons. The van der Waals surface area contributed by atoms with Crippen molar-refractivity contribution < 1.29 is 24.5 Å². The Morgan fingerprint density at radius 3 is 2.10 bits per heavy atom. The molecule has 0 atom stereocenters. The van der Waals surface area contributed by atoms with Crippen LogP contribution in [0.25, 0.3) is 67.0 Å². The van der Waals surface area contributed by atoms with Crippen LogP contribution in [0.2, 0.25) is 19.6 Å². The summed E-state index contributed by atoms with van der Waals surface area (Å²) in [5.41, 5.74) is 15.1. The summed E-state index contributed by atoms with van der Waals surface area (Å²) in [4.78, 5) is 14.4. The molecule has 4 aromatic carbocycles. The molecule has 4 aromatic heterocycles. The zero-order valence-corrected chi connectivity index (χ0v) is 39.5. The first-order valence-corrected chi connectivity index (χ1v) is 24.0. The van der Waals surface area contributed by atoms with E-state index in [9.17, 15) is 0 Å². The molecule has 8 rings (SSSR count). The molecule has 0 saturated carbocycles. The molecule has 0 aliphatic carbocycles. The number of fused-ring (bicyclic) bond motifs is 3. The van der Waals surface area contributed by atoms with Gasteiger partial charge < -0.3 is 14.4 Å². The fourth-order valence-corrected chi connectivity index (χ4v) is 9.52. The number of aryl methyl sites for hydroxylation is 2. The Morgan fingerprint density at radius 1 is 0.712 bits per heavy atom. The zero-order chi connectivity index (χ0) is 41.2. The quantitative estimate of drug-likeness (QED) is 0.112. The van der Waals surface area contributed by atoms with Crippen LogP contribution in [0.15, 0.2) is 126 Å². The van der Waals surface area contributed by atoms with Gasteiger partial charge in [-0.3, -0.25) is 0 Å². The van der Waals surface area contributed by atoms with Crippen LogP contribution < -0.4 is 5.19 Å². The zero-order valence-electron chi connectivity index (χ0n) is 36.1. The maximum atomic E-state index is 6.43. The standard InChI is InChI=1S/C35H31N2O.C18H24NSi.Ir/c1-22-18-26(25-10-7-6-8-11-25)19-23(2)32(22)30-15-14-28-27-12-9-13-29(33(27)38-34(28)37-30)31-20-24(16-17-36-31)21-35(3,4)5;1-14(2)11-16-12-17(15-9-7-6-8-10-15)19-13-18(16)20(3,4)5;/h6-12,14-20H,21H2,1-5H3;6-9,12-14H,11H2,1-5H3;/q2*-1;. The van der Waals surface area contributed by atoms with Crippen LogP contribution in [0.3, 0.4) is 0 Å². The van der Waals surface area contributed by atoms with Crippen LogP contribution in [0, 0.1) is 37.3 Å². The van der Waals surface area contributed by atoms with E-state index in [1.165, 1.54) is 38.6 Å². The van der Waals surface area contributed by atoms with Gasteiger partial charge in [0.25, 0.3) is 0 Å². The van der Waals surface area contributed by atoms with Gasteiger partial charge in [-0.2, -0.15) is 0 Å². The fourth-order valence-electron chi connectivity index (χ4n) is 7.93. The number of benzene rings is 4. The molecule has 0 fully saturated rings. The predicted octanol–water partition coefficient (Wildman–Crippen LogP) is 13.7. The number of hydrogen-bond acceptors (Lipinski definition) is 4. The van der Waals surface area contributed by atoms with E-state index in [0.717, 1.165) is 63.0 Å². The molecule has 0 saturated heterocycles. The Kier molecular flexibility index (Phi) is 13.4. The van der Waals surface area contributed by atoms with Crippen molar-refractivity contribution >= 4 is 35.3 Å². The van der Waals surface area contributed by atoms with Gasteiger partial charge in [-0.05, 0) is 95.0 Å². The molecule has 0 spiro atoms. The number of pyridine rings is 3. The van der Waals surface area contributed by atoms with Gasteiger partial charge in [-0.25, -0.2) is 4.98 Å². The van der Waals surface area contributed by atoms with Crippen LogP contribution in [-0.4, -0.2) is 23.0 Å². The molecule has 0 amide bonds. The van der Waals surface area contributed by atoms with Gasteiger partial charge in [0.2, 0.25) is 5.71 Å². The smallest absolute Gasteiger partial charge is 0.216 e. The van der Waals surface area contributed by atoms with E-state index >= 15 is 0 Å². The Hall–Kier alpha value is -5.00. The van der Waals surface area contributed by atoms with E-state index < -0.39 is 8.07 Å². The summed E-state index contributed by atoms with van der Waals surface area (Å²) >= 11 is 0. The van der Waals surface area contributed by atoms with Crippen LogP contribution in [0.4, 0.5) is 0 Å². The van der Waals surface area contributed by atoms with E-state index in [4.69, 9.17) is 9.40 Å². The molecule has 0 unspecified atom stereocenters. The van der Waals surface area contributed by atoms with Crippen LogP contribution in [-0.2, 0) is 32.9 Å². The summed E-state index contributed by atoms with van der Waals surface area (Å²) < 4.78 is 6.43. The van der Waals surface area contributed by atoms with E-state index in [1.807, 2.05) is 36.5 Å². The van der Waals surface area contributed by atoms with Crippen LogP contribution >= 0.6 is 0 Å². The topological polar surface area (TPSA) is 51.8 Å². The first-order chi connectivity index (χ1) is 27.6. The molecule has 0 bridgehead atoms. The number of hydrogen-bond donors (Lipinski definition) is 0. The molecule has 4 heterocycles. The van der Waals surface area contributed by atoms with Crippen molar-refractivity contribution in [1.29, 1.82) is 0 Å². The number of rotatable bonds is 8. The van der Waals surface area contributed by atoms with E-state index in [-0.39, 0.29) is 25.5 Å². The Bertz CT molecular complexity index is 2670. The molecule has 4 nitrogen and oxygen atoms in total. The molecule has 59 heavy (non-hydrogen) atoms. The minimum absolute atomic E-state index is 0. The fraction of sp³-hybridized carbons (Fsp3) is 0.264. The summed E-state index contributed by atoms with van der Waals surface area (Å²) in [6.07, 6.45) is 6.10. The molecule has 8 aromatic rings. The Balaban J connectivity index is 0.000000236. The first kappa shape index (κ1) is 43.6. The average Bonchev–Trinajstić information content (AvgIpc) is 3.55. The molecule has 1 radical (unpaired) electrons. The summed E-state index contributed by atoms with van der Waals surface area (Å²) in [7, 11) is -1.34. The maximum absolute atomic E-state index is 6.43. The SMILES string of the molecule is CC(C)Cc1cc(-c2[c-]cccc2)ncc1[Si](C)(C)C.Cc1cc(-c2ccccc2)cc(C)c1-c1ccc2c(n1)oc1c(-c3cc(CC(C)(C)C)ccn3)[c-]ccc12.[Ir]. The van der Waals surface area contributed by atoms with Crippen molar-refractivity contribution in [2.75, 3.05) is 0 Å².